The SMILES string of the molecule is CCCC(=O)Nc1cccc(CC(=O)C(C)(C)C)c1C. The van der Waals surface area contributed by atoms with Crippen LogP contribution in [0, 0.1) is 12.3 Å². The Morgan fingerprint density at radius 3 is 2.40 bits per heavy atom. The first-order valence-corrected chi connectivity index (χ1v) is 7.17. The van der Waals surface area contributed by atoms with Gasteiger partial charge in [0.2, 0.25) is 5.91 Å². The van der Waals surface area contributed by atoms with Crippen LogP contribution in [0.15, 0.2) is 18.2 Å². The zero-order chi connectivity index (χ0) is 15.3. The van der Waals surface area contributed by atoms with Crippen molar-refractivity contribution in [2.24, 2.45) is 5.41 Å². The Morgan fingerprint density at radius 1 is 1.20 bits per heavy atom. The lowest BCUT2D eigenvalue weighted by atomic mass is 9.86. The molecule has 0 radical (unpaired) electrons. The summed E-state index contributed by atoms with van der Waals surface area (Å²) >= 11 is 0. The maximum atomic E-state index is 12.1. The van der Waals surface area contributed by atoms with E-state index in [2.05, 4.69) is 5.32 Å². The second kappa shape index (κ2) is 6.69. The van der Waals surface area contributed by atoms with Crippen molar-refractivity contribution >= 4 is 17.4 Å². The molecular formula is C17H25NO2. The lowest BCUT2D eigenvalue weighted by Gasteiger charge is -2.18. The molecule has 1 rings (SSSR count). The number of anilines is 1. The smallest absolute Gasteiger partial charge is 0.224 e. The minimum atomic E-state index is -0.339. The van der Waals surface area contributed by atoms with Crippen molar-refractivity contribution in [1.29, 1.82) is 0 Å². The molecule has 0 fully saturated rings. The van der Waals surface area contributed by atoms with Gasteiger partial charge in [0, 0.05) is 23.9 Å². The summed E-state index contributed by atoms with van der Waals surface area (Å²) in [6.45, 7) is 9.71. The Bertz CT molecular complexity index is 498. The van der Waals surface area contributed by atoms with Gasteiger partial charge in [0.05, 0.1) is 0 Å². The predicted molar refractivity (Wildman–Crippen MR) is 82.9 cm³/mol. The maximum Gasteiger partial charge on any atom is 0.224 e. The van der Waals surface area contributed by atoms with Crippen molar-refractivity contribution in [3.63, 3.8) is 0 Å². The highest BCUT2D eigenvalue weighted by Crippen LogP contribution is 2.23. The molecule has 1 aromatic carbocycles. The molecule has 0 aliphatic heterocycles. The predicted octanol–water partition coefficient (Wildman–Crippen LogP) is 3.89. The minimum Gasteiger partial charge on any atom is -0.326 e. The standard InChI is InChI=1S/C17H25NO2/c1-6-8-16(20)18-14-10-7-9-13(12(14)2)11-15(19)17(3,4)5/h7,9-10H,6,8,11H2,1-5H3,(H,18,20). The summed E-state index contributed by atoms with van der Waals surface area (Å²) < 4.78 is 0. The minimum absolute atomic E-state index is 0.0231. The monoisotopic (exact) mass is 275 g/mol. The number of hydrogen-bond acceptors (Lipinski definition) is 2. The van der Waals surface area contributed by atoms with E-state index in [0.29, 0.717) is 12.8 Å². The molecule has 20 heavy (non-hydrogen) atoms. The van der Waals surface area contributed by atoms with E-state index in [0.717, 1.165) is 23.2 Å². The number of ketones is 1. The van der Waals surface area contributed by atoms with E-state index in [-0.39, 0.29) is 17.1 Å². The zero-order valence-corrected chi connectivity index (χ0v) is 13.2. The van der Waals surface area contributed by atoms with Gasteiger partial charge in [-0.2, -0.15) is 0 Å². The van der Waals surface area contributed by atoms with Gasteiger partial charge in [-0.3, -0.25) is 9.59 Å². The molecule has 3 heteroatoms. The second-order valence-corrected chi connectivity index (χ2v) is 6.24. The molecular weight excluding hydrogens is 250 g/mol. The highest BCUT2D eigenvalue weighted by atomic mass is 16.1. The van der Waals surface area contributed by atoms with Crippen LogP contribution < -0.4 is 5.32 Å². The molecule has 0 atom stereocenters. The molecule has 1 aromatic rings. The van der Waals surface area contributed by atoms with Gasteiger partial charge in [-0.05, 0) is 30.5 Å². The van der Waals surface area contributed by atoms with Crippen LogP contribution in [0.2, 0.25) is 0 Å². The van der Waals surface area contributed by atoms with Crippen molar-refractivity contribution in [3.8, 4) is 0 Å². The van der Waals surface area contributed by atoms with Crippen molar-refractivity contribution in [2.45, 2.75) is 53.9 Å². The molecule has 0 aliphatic rings. The molecule has 1 amide bonds. The fourth-order valence-corrected chi connectivity index (χ4v) is 1.89. The molecule has 0 aromatic heterocycles. The topological polar surface area (TPSA) is 46.2 Å². The number of rotatable bonds is 5. The number of amides is 1. The largest absolute Gasteiger partial charge is 0.326 e. The van der Waals surface area contributed by atoms with Gasteiger partial charge in [-0.1, -0.05) is 39.8 Å². The molecule has 0 spiro atoms. The highest BCUT2D eigenvalue weighted by Gasteiger charge is 2.22. The van der Waals surface area contributed by atoms with Crippen molar-refractivity contribution in [3.05, 3.63) is 29.3 Å². The van der Waals surface area contributed by atoms with E-state index >= 15 is 0 Å². The van der Waals surface area contributed by atoms with E-state index in [4.69, 9.17) is 0 Å². The van der Waals surface area contributed by atoms with Gasteiger partial charge in [-0.15, -0.1) is 0 Å². The van der Waals surface area contributed by atoms with Crippen LogP contribution in [0.5, 0.6) is 0 Å². The summed E-state index contributed by atoms with van der Waals surface area (Å²) in [7, 11) is 0. The van der Waals surface area contributed by atoms with Gasteiger partial charge >= 0.3 is 0 Å². The number of carbonyl (C=O) groups is 2. The molecule has 3 nitrogen and oxygen atoms in total. The van der Waals surface area contributed by atoms with Crippen LogP contribution in [0.4, 0.5) is 5.69 Å². The fraction of sp³-hybridized carbons (Fsp3) is 0.529. The van der Waals surface area contributed by atoms with Gasteiger partial charge in [0.1, 0.15) is 5.78 Å². The van der Waals surface area contributed by atoms with Crippen LogP contribution >= 0.6 is 0 Å². The molecule has 110 valence electrons. The van der Waals surface area contributed by atoms with E-state index < -0.39 is 0 Å². The molecule has 0 aliphatic carbocycles. The molecule has 0 heterocycles. The summed E-state index contributed by atoms with van der Waals surface area (Å²) in [4.78, 5) is 23.8. The first-order valence-electron chi connectivity index (χ1n) is 7.17. The Kier molecular flexibility index (Phi) is 5.49. The van der Waals surface area contributed by atoms with Crippen molar-refractivity contribution < 1.29 is 9.59 Å². The lowest BCUT2D eigenvalue weighted by Crippen LogP contribution is -2.22. The quantitative estimate of drug-likeness (QED) is 0.886. The number of Topliss-reactive ketones (excluding diaryl/α,β-unsaturated/α-hetero) is 1. The Labute approximate surface area is 121 Å². The van der Waals surface area contributed by atoms with Gasteiger partial charge in [-0.25, -0.2) is 0 Å². The van der Waals surface area contributed by atoms with Gasteiger partial charge in [0.25, 0.3) is 0 Å². The van der Waals surface area contributed by atoms with E-state index in [1.807, 2.05) is 52.8 Å². The fourth-order valence-electron chi connectivity index (χ4n) is 1.89. The summed E-state index contributed by atoms with van der Waals surface area (Å²) in [6, 6.07) is 5.72. The summed E-state index contributed by atoms with van der Waals surface area (Å²) in [5, 5.41) is 2.91. The Balaban J connectivity index is 2.90. The zero-order valence-electron chi connectivity index (χ0n) is 13.2. The van der Waals surface area contributed by atoms with Crippen LogP contribution in [0.25, 0.3) is 0 Å². The van der Waals surface area contributed by atoms with E-state index in [1.54, 1.807) is 0 Å². The third-order valence-corrected chi connectivity index (χ3v) is 3.38. The number of nitrogens with one attached hydrogen (secondary N) is 1. The van der Waals surface area contributed by atoms with Crippen LogP contribution in [0.1, 0.15) is 51.7 Å². The first kappa shape index (κ1) is 16.4. The summed E-state index contributed by atoms with van der Waals surface area (Å²) in [6.07, 6.45) is 1.75. The number of carbonyl (C=O) groups excluding carboxylic acids is 2. The highest BCUT2D eigenvalue weighted by molar-refractivity contribution is 5.92. The average Bonchev–Trinajstić information content (AvgIpc) is 2.33. The maximum absolute atomic E-state index is 12.1. The third-order valence-electron chi connectivity index (χ3n) is 3.38. The van der Waals surface area contributed by atoms with Gasteiger partial charge in [0.15, 0.2) is 0 Å². The molecule has 0 unspecified atom stereocenters. The number of benzene rings is 1. The molecule has 0 bridgehead atoms. The second-order valence-electron chi connectivity index (χ2n) is 6.24. The molecule has 0 saturated carbocycles. The number of hydrogen-bond donors (Lipinski definition) is 1. The Morgan fingerprint density at radius 2 is 1.85 bits per heavy atom. The molecule has 1 N–H and O–H groups in total. The Hall–Kier alpha value is -1.64. The average molecular weight is 275 g/mol. The normalized spacial score (nSPS) is 11.2. The van der Waals surface area contributed by atoms with Crippen molar-refractivity contribution in [1.82, 2.24) is 0 Å². The molecule has 0 saturated heterocycles. The van der Waals surface area contributed by atoms with Crippen molar-refractivity contribution in [2.75, 3.05) is 5.32 Å². The lowest BCUT2D eigenvalue weighted by molar-refractivity contribution is -0.125. The van der Waals surface area contributed by atoms with Gasteiger partial charge < -0.3 is 5.32 Å². The first-order chi connectivity index (χ1) is 9.25. The van der Waals surface area contributed by atoms with E-state index in [1.165, 1.54) is 0 Å². The van der Waals surface area contributed by atoms with Crippen LogP contribution in [-0.4, -0.2) is 11.7 Å². The summed E-state index contributed by atoms with van der Waals surface area (Å²) in [5.74, 6) is 0.229. The van der Waals surface area contributed by atoms with E-state index in [9.17, 15) is 9.59 Å². The third kappa shape index (κ3) is 4.48. The summed E-state index contributed by atoms with van der Waals surface area (Å²) in [5.41, 5.74) is 2.44. The van der Waals surface area contributed by atoms with Crippen LogP contribution in [-0.2, 0) is 16.0 Å². The van der Waals surface area contributed by atoms with Crippen LogP contribution in [0.3, 0.4) is 0 Å².